The first-order valence-corrected chi connectivity index (χ1v) is 4.12. The Morgan fingerprint density at radius 3 is 2.33 bits per heavy atom. The Bertz CT molecular complexity index is 535. The average Bonchev–Trinajstić information content (AvgIpc) is 2.25. The van der Waals surface area contributed by atoms with E-state index in [1.165, 1.54) is 0 Å². The summed E-state index contributed by atoms with van der Waals surface area (Å²) in [5.41, 5.74) is -6.71. The molecule has 0 bridgehead atoms. The van der Waals surface area contributed by atoms with Gasteiger partial charge in [0.2, 0.25) is 0 Å². The lowest BCUT2D eigenvalue weighted by Gasteiger charge is -2.11. The minimum absolute atomic E-state index is 0.233. The summed E-state index contributed by atoms with van der Waals surface area (Å²) in [5.74, 6) is 0. The topological polar surface area (TPSA) is 79.8 Å². The van der Waals surface area contributed by atoms with Crippen molar-refractivity contribution in [3.05, 3.63) is 33.1 Å². The number of alkyl halides is 5. The van der Waals surface area contributed by atoms with Crippen LogP contribution in [-0.2, 0) is 6.18 Å². The molecule has 18 heavy (non-hydrogen) atoms. The Kier molecular flexibility index (Phi) is 3.45. The van der Waals surface area contributed by atoms with Gasteiger partial charge in [-0.3, -0.25) is 10.1 Å². The summed E-state index contributed by atoms with van der Waals surface area (Å²) < 4.78 is 62.5. The number of aromatic nitrogens is 1. The Labute approximate surface area is 95.6 Å². The smallest absolute Gasteiger partial charge is 0.258 e. The second-order valence-corrected chi connectivity index (χ2v) is 2.95. The summed E-state index contributed by atoms with van der Waals surface area (Å²) in [6.45, 7) is 0. The standard InChI is InChI=1S/C8H2F5N3O2/c9-7(10)5-6(16(17)18)4(8(11,12)13)3(1-14)2-15-5/h2,7H. The van der Waals surface area contributed by atoms with Crippen molar-refractivity contribution in [3.8, 4) is 6.07 Å². The van der Waals surface area contributed by atoms with Gasteiger partial charge in [-0.2, -0.15) is 18.4 Å². The van der Waals surface area contributed by atoms with Crippen molar-refractivity contribution in [1.82, 2.24) is 4.98 Å². The Balaban J connectivity index is 3.78. The normalized spacial score (nSPS) is 11.4. The zero-order chi connectivity index (χ0) is 14.1. The Morgan fingerprint density at radius 1 is 1.44 bits per heavy atom. The number of nitrogens with zero attached hydrogens (tertiary/aromatic N) is 3. The maximum Gasteiger partial charge on any atom is 0.424 e. The number of hydrogen-bond acceptors (Lipinski definition) is 4. The second kappa shape index (κ2) is 4.52. The largest absolute Gasteiger partial charge is 0.424 e. The van der Waals surface area contributed by atoms with Gasteiger partial charge in [0, 0.05) is 6.20 Å². The molecule has 0 amide bonds. The molecule has 0 atom stereocenters. The van der Waals surface area contributed by atoms with Crippen LogP contribution in [0.5, 0.6) is 0 Å². The van der Waals surface area contributed by atoms with E-state index in [4.69, 9.17) is 5.26 Å². The number of hydrogen-bond donors (Lipinski definition) is 0. The number of rotatable bonds is 2. The van der Waals surface area contributed by atoms with Crippen LogP contribution in [0.25, 0.3) is 0 Å². The zero-order valence-corrected chi connectivity index (χ0v) is 8.20. The maximum atomic E-state index is 12.6. The van der Waals surface area contributed by atoms with Crippen LogP contribution in [0.3, 0.4) is 0 Å². The van der Waals surface area contributed by atoms with E-state index < -0.39 is 40.0 Å². The van der Waals surface area contributed by atoms with Crippen LogP contribution in [0, 0.1) is 21.4 Å². The highest BCUT2D eigenvalue weighted by Gasteiger charge is 2.44. The third-order valence-electron chi connectivity index (χ3n) is 1.87. The molecule has 0 saturated heterocycles. The Hall–Kier alpha value is -2.31. The third-order valence-corrected chi connectivity index (χ3v) is 1.87. The van der Waals surface area contributed by atoms with Gasteiger partial charge in [-0.1, -0.05) is 0 Å². The van der Waals surface area contributed by atoms with Crippen molar-refractivity contribution < 1.29 is 26.9 Å². The molecule has 0 aliphatic heterocycles. The van der Waals surface area contributed by atoms with E-state index in [-0.39, 0.29) is 6.20 Å². The van der Waals surface area contributed by atoms with Gasteiger partial charge in [0.15, 0.2) is 11.3 Å². The molecule has 10 heteroatoms. The monoisotopic (exact) mass is 267 g/mol. The second-order valence-electron chi connectivity index (χ2n) is 2.95. The summed E-state index contributed by atoms with van der Waals surface area (Å²) in [5, 5.41) is 18.9. The summed E-state index contributed by atoms with van der Waals surface area (Å²) in [6.07, 6.45) is -8.63. The van der Waals surface area contributed by atoms with Crippen LogP contribution in [-0.4, -0.2) is 9.91 Å². The average molecular weight is 267 g/mol. The van der Waals surface area contributed by atoms with Crippen LogP contribution >= 0.6 is 0 Å². The summed E-state index contributed by atoms with van der Waals surface area (Å²) in [7, 11) is 0. The molecule has 0 aromatic carbocycles. The van der Waals surface area contributed by atoms with Crippen molar-refractivity contribution in [2.45, 2.75) is 12.6 Å². The summed E-state index contributed by atoms with van der Waals surface area (Å²) in [4.78, 5) is 11.7. The summed E-state index contributed by atoms with van der Waals surface area (Å²) >= 11 is 0. The van der Waals surface area contributed by atoms with Gasteiger partial charge in [-0.15, -0.1) is 0 Å². The predicted octanol–water partition coefficient (Wildman–Crippen LogP) is 2.82. The predicted molar refractivity (Wildman–Crippen MR) is 45.6 cm³/mol. The molecule has 1 aromatic heterocycles. The van der Waals surface area contributed by atoms with E-state index in [0.29, 0.717) is 0 Å². The number of nitro groups is 1. The first-order chi connectivity index (χ1) is 8.20. The molecule has 0 saturated carbocycles. The van der Waals surface area contributed by atoms with E-state index in [9.17, 15) is 32.1 Å². The van der Waals surface area contributed by atoms with Gasteiger partial charge < -0.3 is 0 Å². The van der Waals surface area contributed by atoms with Crippen molar-refractivity contribution in [3.63, 3.8) is 0 Å². The molecule has 1 rings (SSSR count). The summed E-state index contributed by atoms with van der Waals surface area (Å²) in [6, 6.07) is 1.03. The van der Waals surface area contributed by atoms with E-state index in [1.54, 1.807) is 0 Å². The highest BCUT2D eigenvalue weighted by atomic mass is 19.4. The number of halogens is 5. The van der Waals surface area contributed by atoms with E-state index >= 15 is 0 Å². The molecule has 0 aliphatic carbocycles. The van der Waals surface area contributed by atoms with Gasteiger partial charge in [-0.25, -0.2) is 13.8 Å². The first kappa shape index (κ1) is 13.8. The third kappa shape index (κ3) is 2.34. The molecule has 0 fully saturated rings. The van der Waals surface area contributed by atoms with Gasteiger partial charge in [0.05, 0.1) is 10.5 Å². The van der Waals surface area contributed by atoms with Crippen LogP contribution in [0.1, 0.15) is 23.2 Å². The lowest BCUT2D eigenvalue weighted by atomic mass is 10.1. The molecule has 0 aliphatic rings. The van der Waals surface area contributed by atoms with Crippen LogP contribution in [0.15, 0.2) is 6.20 Å². The molecule has 0 unspecified atom stereocenters. The molecule has 1 aromatic rings. The van der Waals surface area contributed by atoms with Crippen LogP contribution in [0.4, 0.5) is 27.6 Å². The number of nitriles is 1. The highest BCUT2D eigenvalue weighted by Crippen LogP contribution is 2.41. The molecular formula is C8H2F5N3O2. The fraction of sp³-hybridized carbons (Fsp3) is 0.250. The van der Waals surface area contributed by atoms with Crippen molar-refractivity contribution in [2.75, 3.05) is 0 Å². The highest BCUT2D eigenvalue weighted by molar-refractivity contribution is 5.54. The zero-order valence-electron chi connectivity index (χ0n) is 8.20. The molecule has 0 radical (unpaired) electrons. The molecule has 0 N–H and O–H groups in total. The van der Waals surface area contributed by atoms with Gasteiger partial charge in [-0.05, 0) is 0 Å². The fourth-order valence-corrected chi connectivity index (χ4v) is 1.23. The molecule has 1 heterocycles. The van der Waals surface area contributed by atoms with Gasteiger partial charge in [0.1, 0.15) is 6.07 Å². The fourth-order valence-electron chi connectivity index (χ4n) is 1.23. The van der Waals surface area contributed by atoms with E-state index in [2.05, 4.69) is 4.98 Å². The van der Waals surface area contributed by atoms with Crippen molar-refractivity contribution >= 4 is 5.69 Å². The lowest BCUT2D eigenvalue weighted by Crippen LogP contribution is -2.15. The maximum absolute atomic E-state index is 12.6. The van der Waals surface area contributed by atoms with Crippen LogP contribution in [0.2, 0.25) is 0 Å². The lowest BCUT2D eigenvalue weighted by molar-refractivity contribution is -0.389. The van der Waals surface area contributed by atoms with E-state index in [0.717, 1.165) is 6.07 Å². The molecular weight excluding hydrogens is 265 g/mol. The SMILES string of the molecule is N#Cc1cnc(C(F)F)c([N+](=O)[O-])c1C(F)(F)F. The first-order valence-electron chi connectivity index (χ1n) is 4.12. The van der Waals surface area contributed by atoms with Gasteiger partial charge in [0.25, 0.3) is 6.43 Å². The quantitative estimate of drug-likeness (QED) is 0.468. The van der Waals surface area contributed by atoms with Crippen molar-refractivity contribution in [1.29, 1.82) is 5.26 Å². The minimum atomic E-state index is -5.31. The minimum Gasteiger partial charge on any atom is -0.258 e. The molecule has 0 spiro atoms. The molecule has 5 nitrogen and oxygen atoms in total. The van der Waals surface area contributed by atoms with Crippen molar-refractivity contribution in [2.24, 2.45) is 0 Å². The van der Waals surface area contributed by atoms with Crippen LogP contribution < -0.4 is 0 Å². The number of pyridine rings is 1. The van der Waals surface area contributed by atoms with E-state index in [1.807, 2.05) is 0 Å². The molecule has 96 valence electrons. The van der Waals surface area contributed by atoms with Gasteiger partial charge >= 0.3 is 11.9 Å². The Morgan fingerprint density at radius 2 is 2.00 bits per heavy atom.